The summed E-state index contributed by atoms with van der Waals surface area (Å²) in [5, 5.41) is 0. The Hall–Kier alpha value is -1.05. The molecule has 0 bridgehead atoms. The van der Waals surface area contributed by atoms with E-state index in [2.05, 4.69) is 18.2 Å². The van der Waals surface area contributed by atoms with E-state index in [1.54, 1.807) is 6.08 Å². The van der Waals surface area contributed by atoms with E-state index in [4.69, 9.17) is 0 Å². The Bertz CT molecular complexity index is 136. The van der Waals surface area contributed by atoms with Gasteiger partial charge in [0.1, 0.15) is 6.61 Å². The third-order valence-electron chi connectivity index (χ3n) is 0.764. The summed E-state index contributed by atoms with van der Waals surface area (Å²) in [6.45, 7) is 7.19. The molecule has 0 aliphatic rings. The second kappa shape index (κ2) is 6.08. The minimum Gasteiger partial charge on any atom is -0.458 e. The van der Waals surface area contributed by atoms with Gasteiger partial charge in [-0.1, -0.05) is 18.7 Å². The van der Waals surface area contributed by atoms with Crippen molar-refractivity contribution in [1.29, 1.82) is 0 Å². The Balaban J connectivity index is 3.43. The van der Waals surface area contributed by atoms with Crippen molar-refractivity contribution in [3.05, 3.63) is 31.7 Å². The van der Waals surface area contributed by atoms with Crippen LogP contribution in [0.15, 0.2) is 24.8 Å². The van der Waals surface area contributed by atoms with Gasteiger partial charge in [0.15, 0.2) is 0 Å². The van der Waals surface area contributed by atoms with Gasteiger partial charge < -0.3 is 4.74 Å². The van der Waals surface area contributed by atoms with E-state index < -0.39 is 0 Å². The highest BCUT2D eigenvalue weighted by Crippen LogP contribution is 1.83. The zero-order valence-electron chi connectivity index (χ0n) is 5.88. The monoisotopic (exact) mass is 139 g/mol. The molecule has 0 N–H and O–H groups in total. The average molecular weight is 139 g/mol. The Kier molecular flexibility index (Phi) is 5.44. The van der Waals surface area contributed by atoms with E-state index >= 15 is 0 Å². The third-order valence-corrected chi connectivity index (χ3v) is 0.764. The van der Waals surface area contributed by atoms with Gasteiger partial charge in [-0.05, 0) is 13.3 Å². The van der Waals surface area contributed by atoms with Crippen LogP contribution >= 0.6 is 0 Å². The predicted octanol–water partition coefficient (Wildman–Crippen LogP) is 1.50. The largest absolute Gasteiger partial charge is 0.458 e. The SMILES string of the molecule is [CH2]CC=CC(=O)OCC=C. The number of rotatable bonds is 4. The minimum absolute atomic E-state index is 0.264. The molecule has 0 atom stereocenters. The van der Waals surface area contributed by atoms with Gasteiger partial charge in [-0.2, -0.15) is 0 Å². The molecule has 1 radical (unpaired) electrons. The highest BCUT2D eigenvalue weighted by molar-refractivity contribution is 5.81. The molecule has 2 nitrogen and oxygen atoms in total. The molecular weight excluding hydrogens is 128 g/mol. The van der Waals surface area contributed by atoms with E-state index in [1.165, 1.54) is 12.2 Å². The highest BCUT2D eigenvalue weighted by Gasteiger charge is 1.90. The number of ether oxygens (including phenoxy) is 1. The van der Waals surface area contributed by atoms with Crippen LogP contribution in [-0.4, -0.2) is 12.6 Å². The number of hydrogen-bond acceptors (Lipinski definition) is 2. The Morgan fingerprint density at radius 3 is 2.80 bits per heavy atom. The molecule has 0 fully saturated rings. The fourth-order valence-electron chi connectivity index (χ4n) is 0.369. The lowest BCUT2D eigenvalue weighted by molar-refractivity contribution is -0.136. The van der Waals surface area contributed by atoms with Crippen LogP contribution in [0.3, 0.4) is 0 Å². The molecule has 0 rings (SSSR count). The molecule has 0 aliphatic carbocycles. The lowest BCUT2D eigenvalue weighted by Crippen LogP contribution is -1.99. The molecule has 0 aromatic rings. The van der Waals surface area contributed by atoms with Crippen molar-refractivity contribution in [2.75, 3.05) is 6.61 Å². The van der Waals surface area contributed by atoms with Crippen molar-refractivity contribution >= 4 is 5.97 Å². The maximum atomic E-state index is 10.6. The fourth-order valence-corrected chi connectivity index (χ4v) is 0.369. The van der Waals surface area contributed by atoms with Crippen molar-refractivity contribution in [2.24, 2.45) is 0 Å². The molecule has 0 unspecified atom stereocenters. The van der Waals surface area contributed by atoms with Gasteiger partial charge >= 0.3 is 5.97 Å². The van der Waals surface area contributed by atoms with Crippen LogP contribution in [0.1, 0.15) is 6.42 Å². The van der Waals surface area contributed by atoms with Crippen molar-refractivity contribution in [2.45, 2.75) is 6.42 Å². The van der Waals surface area contributed by atoms with Crippen molar-refractivity contribution < 1.29 is 9.53 Å². The number of allylic oxidation sites excluding steroid dienone is 1. The number of hydrogen-bond donors (Lipinski definition) is 0. The highest BCUT2D eigenvalue weighted by atomic mass is 16.5. The molecule has 0 saturated carbocycles. The van der Waals surface area contributed by atoms with Crippen LogP contribution in [0.4, 0.5) is 0 Å². The number of esters is 1. The summed E-state index contributed by atoms with van der Waals surface area (Å²) < 4.78 is 4.62. The Morgan fingerprint density at radius 1 is 1.60 bits per heavy atom. The normalized spacial score (nSPS) is 9.70. The summed E-state index contributed by atoms with van der Waals surface area (Å²) in [5.74, 6) is -0.344. The molecular formula is C8H11O2. The number of carbonyl (C=O) groups is 1. The van der Waals surface area contributed by atoms with Crippen molar-refractivity contribution in [1.82, 2.24) is 0 Å². The molecule has 0 aliphatic heterocycles. The molecule has 0 heterocycles. The van der Waals surface area contributed by atoms with Crippen LogP contribution < -0.4 is 0 Å². The average Bonchev–Trinajstić information content (AvgIpc) is 1.97. The summed E-state index contributed by atoms with van der Waals surface area (Å²) in [4.78, 5) is 10.6. The zero-order chi connectivity index (χ0) is 7.82. The molecule has 0 spiro atoms. The molecule has 0 aromatic heterocycles. The Labute approximate surface area is 61.2 Å². The first-order valence-corrected chi connectivity index (χ1v) is 3.04. The quantitative estimate of drug-likeness (QED) is 0.335. The summed E-state index contributed by atoms with van der Waals surface area (Å²) in [5.41, 5.74) is 0. The minimum atomic E-state index is -0.344. The molecule has 55 valence electrons. The van der Waals surface area contributed by atoms with E-state index in [0.717, 1.165) is 0 Å². The van der Waals surface area contributed by atoms with Gasteiger partial charge in [0.2, 0.25) is 0 Å². The maximum absolute atomic E-state index is 10.6. The predicted molar refractivity (Wildman–Crippen MR) is 40.3 cm³/mol. The van der Waals surface area contributed by atoms with E-state index in [1.807, 2.05) is 0 Å². The van der Waals surface area contributed by atoms with Gasteiger partial charge in [-0.15, -0.1) is 0 Å². The van der Waals surface area contributed by atoms with Crippen LogP contribution in [0.2, 0.25) is 0 Å². The standard InChI is InChI=1S/C8H11O2/c1-3-5-6-8(9)10-7-4-2/h4-6H,1-3,7H2. The zero-order valence-corrected chi connectivity index (χ0v) is 5.88. The van der Waals surface area contributed by atoms with Crippen LogP contribution in [0.5, 0.6) is 0 Å². The van der Waals surface area contributed by atoms with E-state index in [-0.39, 0.29) is 12.6 Å². The van der Waals surface area contributed by atoms with Gasteiger partial charge in [-0.3, -0.25) is 0 Å². The lowest BCUT2D eigenvalue weighted by atomic mass is 10.4. The number of carbonyl (C=O) groups excluding carboxylic acids is 1. The lowest BCUT2D eigenvalue weighted by Gasteiger charge is -1.93. The molecule has 0 amide bonds. The second-order valence-electron chi connectivity index (χ2n) is 1.61. The second-order valence-corrected chi connectivity index (χ2v) is 1.61. The first-order chi connectivity index (χ1) is 4.81. The smallest absolute Gasteiger partial charge is 0.330 e. The van der Waals surface area contributed by atoms with Crippen LogP contribution in [0, 0.1) is 6.92 Å². The fraction of sp³-hybridized carbons (Fsp3) is 0.250. The summed E-state index contributed by atoms with van der Waals surface area (Å²) in [6, 6.07) is 0. The molecule has 2 heteroatoms. The molecule has 0 aromatic carbocycles. The van der Waals surface area contributed by atoms with E-state index in [9.17, 15) is 4.79 Å². The maximum Gasteiger partial charge on any atom is 0.330 e. The van der Waals surface area contributed by atoms with Gasteiger partial charge in [0, 0.05) is 6.08 Å². The van der Waals surface area contributed by atoms with Crippen LogP contribution in [-0.2, 0) is 9.53 Å². The topological polar surface area (TPSA) is 26.3 Å². The Morgan fingerprint density at radius 2 is 2.30 bits per heavy atom. The van der Waals surface area contributed by atoms with Crippen LogP contribution in [0.25, 0.3) is 0 Å². The first-order valence-electron chi connectivity index (χ1n) is 3.04. The van der Waals surface area contributed by atoms with Gasteiger partial charge in [-0.25, -0.2) is 4.79 Å². The third kappa shape index (κ3) is 5.09. The van der Waals surface area contributed by atoms with Gasteiger partial charge in [0.25, 0.3) is 0 Å². The van der Waals surface area contributed by atoms with Crippen molar-refractivity contribution in [3.63, 3.8) is 0 Å². The summed E-state index contributed by atoms with van der Waals surface area (Å²) in [6.07, 6.45) is 5.13. The summed E-state index contributed by atoms with van der Waals surface area (Å²) in [7, 11) is 0. The van der Waals surface area contributed by atoms with E-state index in [0.29, 0.717) is 6.42 Å². The summed E-state index contributed by atoms with van der Waals surface area (Å²) >= 11 is 0. The molecule has 10 heavy (non-hydrogen) atoms. The van der Waals surface area contributed by atoms with Crippen molar-refractivity contribution in [3.8, 4) is 0 Å². The molecule has 0 saturated heterocycles. The van der Waals surface area contributed by atoms with Gasteiger partial charge in [0.05, 0.1) is 0 Å². The first kappa shape index (κ1) is 8.95.